The smallest absolute Gasteiger partial charge is 0.255 e. The maximum atomic E-state index is 13.8. The Hall–Kier alpha value is -3.91. The molecule has 0 aliphatic rings. The molecular formula is C25H24FN3O4. The lowest BCUT2D eigenvalue weighted by Gasteiger charge is -2.13. The number of ether oxygens (including phenoxy) is 3. The lowest BCUT2D eigenvalue weighted by molar-refractivity contribution is 0.102. The van der Waals surface area contributed by atoms with Crippen molar-refractivity contribution in [3.63, 3.8) is 0 Å². The van der Waals surface area contributed by atoms with Crippen LogP contribution >= 0.6 is 0 Å². The molecule has 2 aromatic heterocycles. The topological polar surface area (TPSA) is 74.1 Å². The molecule has 0 radical (unpaired) electrons. The maximum absolute atomic E-state index is 13.8. The number of hydrogen-bond acceptors (Lipinski definition) is 5. The van der Waals surface area contributed by atoms with E-state index in [0.717, 1.165) is 16.9 Å². The second-order valence-electron chi connectivity index (χ2n) is 7.46. The zero-order chi connectivity index (χ0) is 23.2. The molecule has 4 aromatic rings. The summed E-state index contributed by atoms with van der Waals surface area (Å²) < 4.78 is 32.1. The Morgan fingerprint density at radius 2 is 1.94 bits per heavy atom. The van der Waals surface area contributed by atoms with Gasteiger partial charge in [0.15, 0.2) is 0 Å². The molecule has 0 saturated heterocycles. The first-order valence-electron chi connectivity index (χ1n) is 10.4. The van der Waals surface area contributed by atoms with E-state index < -0.39 is 11.7 Å². The molecule has 2 heterocycles. The summed E-state index contributed by atoms with van der Waals surface area (Å²) in [6, 6.07) is 14.7. The van der Waals surface area contributed by atoms with Crippen molar-refractivity contribution in [2.24, 2.45) is 0 Å². The molecule has 0 spiro atoms. The van der Waals surface area contributed by atoms with E-state index in [0.29, 0.717) is 23.7 Å². The van der Waals surface area contributed by atoms with E-state index in [1.165, 1.54) is 18.2 Å². The Balaban J connectivity index is 1.44. The summed E-state index contributed by atoms with van der Waals surface area (Å²) >= 11 is 0. The third-order valence-corrected chi connectivity index (χ3v) is 4.87. The van der Waals surface area contributed by atoms with Gasteiger partial charge in [0.25, 0.3) is 5.91 Å². The van der Waals surface area contributed by atoms with Crippen LogP contribution in [0.4, 0.5) is 10.1 Å². The van der Waals surface area contributed by atoms with Gasteiger partial charge >= 0.3 is 0 Å². The van der Waals surface area contributed by atoms with Gasteiger partial charge in [-0.2, -0.15) is 0 Å². The van der Waals surface area contributed by atoms with Crippen molar-refractivity contribution in [1.29, 1.82) is 0 Å². The Morgan fingerprint density at radius 3 is 2.79 bits per heavy atom. The molecule has 1 N–H and O–H groups in total. The number of imidazole rings is 1. The van der Waals surface area contributed by atoms with Crippen LogP contribution in [-0.4, -0.2) is 35.6 Å². The number of rotatable bonds is 9. The Morgan fingerprint density at radius 1 is 1.06 bits per heavy atom. The molecule has 0 fully saturated rings. The first-order chi connectivity index (χ1) is 16.0. The Labute approximate surface area is 190 Å². The van der Waals surface area contributed by atoms with Crippen LogP contribution in [-0.2, 0) is 11.3 Å². The van der Waals surface area contributed by atoms with Gasteiger partial charge in [-0.15, -0.1) is 0 Å². The molecule has 0 saturated carbocycles. The number of aromatic nitrogens is 2. The van der Waals surface area contributed by atoms with Crippen LogP contribution < -0.4 is 14.8 Å². The highest BCUT2D eigenvalue weighted by molar-refractivity contribution is 6.05. The molecule has 0 aliphatic heterocycles. The van der Waals surface area contributed by atoms with Gasteiger partial charge in [-0.1, -0.05) is 12.1 Å². The summed E-state index contributed by atoms with van der Waals surface area (Å²) in [5, 5.41) is 2.70. The summed E-state index contributed by atoms with van der Waals surface area (Å²) in [7, 11) is 1.56. The fraction of sp³-hybridized carbons (Fsp3) is 0.200. The average Bonchev–Trinajstić information content (AvgIpc) is 3.21. The van der Waals surface area contributed by atoms with Gasteiger partial charge in [0.05, 0.1) is 18.0 Å². The number of fused-ring (bicyclic) bond motifs is 1. The van der Waals surface area contributed by atoms with E-state index in [-0.39, 0.29) is 18.9 Å². The van der Waals surface area contributed by atoms with Gasteiger partial charge in [-0.05, 0) is 48.9 Å². The fourth-order valence-electron chi connectivity index (χ4n) is 3.26. The van der Waals surface area contributed by atoms with Crippen molar-refractivity contribution in [3.05, 3.63) is 89.6 Å². The molecule has 0 unspecified atom stereocenters. The van der Waals surface area contributed by atoms with Crippen LogP contribution in [0.15, 0.2) is 67.0 Å². The number of methoxy groups -OCH3 is 1. The number of nitrogens with zero attached hydrogens (tertiary/aromatic N) is 2. The number of pyridine rings is 1. The summed E-state index contributed by atoms with van der Waals surface area (Å²) in [5.74, 6) is -0.0158. The number of hydrogen-bond donors (Lipinski definition) is 1. The monoisotopic (exact) mass is 449 g/mol. The van der Waals surface area contributed by atoms with E-state index >= 15 is 0 Å². The van der Waals surface area contributed by atoms with Crippen LogP contribution in [0, 0.1) is 12.7 Å². The summed E-state index contributed by atoms with van der Waals surface area (Å²) in [6.45, 7) is 2.92. The van der Waals surface area contributed by atoms with Crippen LogP contribution in [0.3, 0.4) is 0 Å². The standard InChI is InChI=1S/C25H24FN3O4/c1-17-6-9-24-27-20(15-29(24)14-17)16-33-21-5-3-4-18(12-21)25(30)28-22-13-19(26)7-8-23(22)32-11-10-31-2/h3-9,12-15H,10-11,16H2,1-2H3,(H,28,30). The van der Waals surface area contributed by atoms with Crippen molar-refractivity contribution in [3.8, 4) is 11.5 Å². The van der Waals surface area contributed by atoms with Crippen LogP contribution in [0.2, 0.25) is 0 Å². The minimum atomic E-state index is -0.482. The molecule has 7 nitrogen and oxygen atoms in total. The SMILES string of the molecule is COCCOc1ccc(F)cc1NC(=O)c1cccc(OCc2cn3cc(C)ccc3n2)c1. The van der Waals surface area contributed by atoms with Crippen molar-refractivity contribution < 1.29 is 23.4 Å². The zero-order valence-corrected chi connectivity index (χ0v) is 18.4. The average molecular weight is 449 g/mol. The van der Waals surface area contributed by atoms with E-state index in [1.807, 2.05) is 35.9 Å². The normalized spacial score (nSPS) is 10.9. The molecule has 8 heteroatoms. The summed E-state index contributed by atoms with van der Waals surface area (Å²) in [4.78, 5) is 17.3. The molecule has 0 atom stereocenters. The fourth-order valence-corrected chi connectivity index (χ4v) is 3.26. The van der Waals surface area contributed by atoms with Crippen LogP contribution in [0.25, 0.3) is 5.65 Å². The molecular weight excluding hydrogens is 425 g/mol. The second-order valence-corrected chi connectivity index (χ2v) is 7.46. The maximum Gasteiger partial charge on any atom is 0.255 e. The van der Waals surface area contributed by atoms with Crippen molar-refractivity contribution in [2.75, 3.05) is 25.6 Å². The van der Waals surface area contributed by atoms with Crippen molar-refractivity contribution in [1.82, 2.24) is 9.38 Å². The van der Waals surface area contributed by atoms with Crippen molar-refractivity contribution in [2.45, 2.75) is 13.5 Å². The molecule has 0 aliphatic carbocycles. The minimum absolute atomic E-state index is 0.238. The first-order valence-corrected chi connectivity index (χ1v) is 10.4. The number of aryl methyl sites for hydroxylation is 1. The molecule has 2 aromatic carbocycles. The first kappa shape index (κ1) is 22.3. The van der Waals surface area contributed by atoms with Gasteiger partial charge in [0.2, 0.25) is 0 Å². The van der Waals surface area contributed by atoms with Gasteiger partial charge in [-0.25, -0.2) is 9.37 Å². The molecule has 0 bridgehead atoms. The highest BCUT2D eigenvalue weighted by Gasteiger charge is 2.13. The van der Waals surface area contributed by atoms with Gasteiger partial charge < -0.3 is 23.9 Å². The Kier molecular flexibility index (Phi) is 6.85. The van der Waals surface area contributed by atoms with Crippen LogP contribution in [0.5, 0.6) is 11.5 Å². The number of nitrogens with one attached hydrogen (secondary N) is 1. The predicted octanol–water partition coefficient (Wildman–Crippen LogP) is 4.64. The third kappa shape index (κ3) is 5.67. The zero-order valence-electron chi connectivity index (χ0n) is 18.4. The molecule has 4 rings (SSSR count). The predicted molar refractivity (Wildman–Crippen MR) is 122 cm³/mol. The van der Waals surface area contributed by atoms with Gasteiger partial charge in [0, 0.05) is 31.1 Å². The van der Waals surface area contributed by atoms with Crippen LogP contribution in [0.1, 0.15) is 21.6 Å². The summed E-state index contributed by atoms with van der Waals surface area (Å²) in [5.41, 5.74) is 3.35. The summed E-state index contributed by atoms with van der Waals surface area (Å²) in [6.07, 6.45) is 3.91. The van der Waals surface area contributed by atoms with E-state index in [4.69, 9.17) is 14.2 Å². The lowest BCUT2D eigenvalue weighted by Crippen LogP contribution is -2.14. The van der Waals surface area contributed by atoms with E-state index in [9.17, 15) is 9.18 Å². The lowest BCUT2D eigenvalue weighted by atomic mass is 10.2. The third-order valence-electron chi connectivity index (χ3n) is 4.87. The number of carbonyl (C=O) groups excluding carboxylic acids is 1. The van der Waals surface area contributed by atoms with Gasteiger partial charge in [0.1, 0.15) is 36.2 Å². The molecule has 170 valence electrons. The largest absolute Gasteiger partial charge is 0.489 e. The second kappa shape index (κ2) is 10.1. The number of amides is 1. The highest BCUT2D eigenvalue weighted by atomic mass is 19.1. The highest BCUT2D eigenvalue weighted by Crippen LogP contribution is 2.26. The molecule has 33 heavy (non-hydrogen) atoms. The molecule has 1 amide bonds. The number of benzene rings is 2. The van der Waals surface area contributed by atoms with Gasteiger partial charge in [-0.3, -0.25) is 4.79 Å². The quantitative estimate of drug-likeness (QED) is 0.377. The van der Waals surface area contributed by atoms with E-state index in [1.54, 1.807) is 31.4 Å². The number of anilines is 1. The Bertz CT molecular complexity index is 1270. The van der Waals surface area contributed by atoms with Crippen molar-refractivity contribution >= 4 is 17.2 Å². The van der Waals surface area contributed by atoms with E-state index in [2.05, 4.69) is 10.3 Å². The minimum Gasteiger partial charge on any atom is -0.489 e. The number of halogens is 1. The number of carbonyl (C=O) groups is 1.